The summed E-state index contributed by atoms with van der Waals surface area (Å²) in [7, 11) is 5.26. The molecule has 7 nitrogen and oxygen atoms in total. The van der Waals surface area contributed by atoms with Gasteiger partial charge in [-0.2, -0.15) is 0 Å². The Kier molecular flexibility index (Phi) is 9.01. The Morgan fingerprint density at radius 1 is 1.15 bits per heavy atom. The molecule has 0 unspecified atom stereocenters. The molecule has 0 saturated carbocycles. The van der Waals surface area contributed by atoms with Gasteiger partial charge in [0.25, 0.3) is 0 Å². The highest BCUT2D eigenvalue weighted by molar-refractivity contribution is 6.03. The van der Waals surface area contributed by atoms with E-state index in [1.54, 1.807) is 37.3 Å². The third-order valence-corrected chi connectivity index (χ3v) is 5.71. The minimum Gasteiger partial charge on any atom is -0.497 e. The number of anilines is 2. The van der Waals surface area contributed by atoms with Crippen molar-refractivity contribution in [2.45, 2.75) is 25.7 Å². The van der Waals surface area contributed by atoms with Crippen LogP contribution in [0.4, 0.5) is 16.2 Å². The summed E-state index contributed by atoms with van der Waals surface area (Å²) < 4.78 is 16.6. The number of nitrogens with zero attached hydrogens (tertiary/aromatic N) is 2. The molecule has 0 aliphatic carbocycles. The van der Waals surface area contributed by atoms with Gasteiger partial charge in [0.15, 0.2) is 0 Å². The summed E-state index contributed by atoms with van der Waals surface area (Å²) in [5, 5.41) is 2.97. The number of ether oxygens (including phenoxy) is 3. The molecular formula is C26H35N3O4. The molecule has 7 heteroatoms. The van der Waals surface area contributed by atoms with Crippen molar-refractivity contribution in [2.75, 3.05) is 57.7 Å². The van der Waals surface area contributed by atoms with E-state index >= 15 is 0 Å². The number of rotatable bonds is 11. The standard InChI is InChI=1S/C26H35N3O4/c1-5-14-28(2)15-6-7-17-33-22-11-13-24-20(18-22)9-8-16-29(24)26(30)27-23-12-10-21(31-3)19-25(23)32-4/h5,10-13,18-19H,1,6-9,14-17H2,2-4H3,(H,27,30). The van der Waals surface area contributed by atoms with Crippen LogP contribution in [0, 0.1) is 0 Å². The quantitative estimate of drug-likeness (QED) is 0.385. The number of hydrogen-bond acceptors (Lipinski definition) is 5. The highest BCUT2D eigenvalue weighted by Gasteiger charge is 2.24. The number of amides is 2. The molecule has 1 N–H and O–H groups in total. The molecule has 2 aromatic carbocycles. The first kappa shape index (κ1) is 24.5. The van der Waals surface area contributed by atoms with Crippen molar-refractivity contribution in [3.05, 3.63) is 54.6 Å². The maximum absolute atomic E-state index is 13.1. The fraction of sp³-hybridized carbons (Fsp3) is 0.423. The molecule has 1 aliphatic rings. The van der Waals surface area contributed by atoms with Crippen LogP contribution in [0.15, 0.2) is 49.1 Å². The van der Waals surface area contributed by atoms with E-state index < -0.39 is 0 Å². The van der Waals surface area contributed by atoms with Gasteiger partial charge >= 0.3 is 6.03 Å². The summed E-state index contributed by atoms with van der Waals surface area (Å²) in [5.74, 6) is 2.08. The third-order valence-electron chi connectivity index (χ3n) is 5.71. The Balaban J connectivity index is 1.59. The number of unbranched alkanes of at least 4 members (excludes halogenated alkanes) is 1. The zero-order valence-electron chi connectivity index (χ0n) is 19.9. The van der Waals surface area contributed by atoms with Crippen molar-refractivity contribution in [1.82, 2.24) is 4.90 Å². The van der Waals surface area contributed by atoms with Crippen molar-refractivity contribution in [1.29, 1.82) is 0 Å². The zero-order valence-corrected chi connectivity index (χ0v) is 19.9. The Morgan fingerprint density at radius 3 is 2.73 bits per heavy atom. The van der Waals surface area contributed by atoms with Crippen LogP contribution < -0.4 is 24.4 Å². The van der Waals surface area contributed by atoms with Crippen LogP contribution in [0.5, 0.6) is 17.2 Å². The number of fused-ring (bicyclic) bond motifs is 1. The van der Waals surface area contributed by atoms with Gasteiger partial charge in [0.05, 0.1) is 26.5 Å². The molecule has 0 spiro atoms. The molecule has 1 aliphatic heterocycles. The topological polar surface area (TPSA) is 63.3 Å². The number of likely N-dealkylation sites (N-methyl/N-ethyl adjacent to an activating group) is 1. The molecule has 0 aromatic heterocycles. The minimum atomic E-state index is -0.184. The molecule has 0 saturated heterocycles. The van der Waals surface area contributed by atoms with Crippen molar-refractivity contribution >= 4 is 17.4 Å². The van der Waals surface area contributed by atoms with Gasteiger partial charge in [-0.3, -0.25) is 4.90 Å². The summed E-state index contributed by atoms with van der Waals surface area (Å²) in [4.78, 5) is 17.1. The molecule has 0 atom stereocenters. The van der Waals surface area contributed by atoms with Gasteiger partial charge in [-0.1, -0.05) is 6.08 Å². The van der Waals surface area contributed by atoms with E-state index in [4.69, 9.17) is 14.2 Å². The average molecular weight is 454 g/mol. The van der Waals surface area contributed by atoms with Gasteiger partial charge in [-0.15, -0.1) is 6.58 Å². The van der Waals surface area contributed by atoms with E-state index in [-0.39, 0.29) is 6.03 Å². The van der Waals surface area contributed by atoms with Gasteiger partial charge in [0.2, 0.25) is 0 Å². The highest BCUT2D eigenvalue weighted by atomic mass is 16.5. The molecule has 1 heterocycles. The Morgan fingerprint density at radius 2 is 1.97 bits per heavy atom. The molecule has 2 aromatic rings. The zero-order chi connectivity index (χ0) is 23.6. The number of aryl methyl sites for hydroxylation is 1. The number of hydrogen-bond donors (Lipinski definition) is 1. The smallest absolute Gasteiger partial charge is 0.326 e. The number of carbonyl (C=O) groups excluding carboxylic acids is 1. The molecule has 0 radical (unpaired) electrons. The van der Waals surface area contributed by atoms with Crippen LogP contribution in [-0.4, -0.2) is 58.4 Å². The Bertz CT molecular complexity index is 947. The third kappa shape index (κ3) is 6.65. The van der Waals surface area contributed by atoms with Crippen LogP contribution in [0.2, 0.25) is 0 Å². The highest BCUT2D eigenvalue weighted by Crippen LogP contribution is 2.33. The van der Waals surface area contributed by atoms with E-state index in [1.807, 2.05) is 18.2 Å². The first-order valence-electron chi connectivity index (χ1n) is 11.4. The van der Waals surface area contributed by atoms with E-state index in [1.165, 1.54) is 0 Å². The number of carbonyl (C=O) groups is 1. The fourth-order valence-corrected chi connectivity index (χ4v) is 3.94. The molecule has 2 amide bonds. The van der Waals surface area contributed by atoms with Crippen LogP contribution in [0.25, 0.3) is 0 Å². The van der Waals surface area contributed by atoms with Crippen LogP contribution in [0.3, 0.4) is 0 Å². The SMILES string of the molecule is C=CCN(C)CCCCOc1ccc2c(c1)CCCN2C(=O)Nc1ccc(OC)cc1OC. The van der Waals surface area contributed by atoms with Gasteiger partial charge in [0.1, 0.15) is 17.2 Å². The van der Waals surface area contributed by atoms with Crippen LogP contribution in [-0.2, 0) is 6.42 Å². The van der Waals surface area contributed by atoms with Gasteiger partial charge in [-0.25, -0.2) is 4.79 Å². The van der Waals surface area contributed by atoms with E-state index in [0.717, 1.165) is 55.8 Å². The van der Waals surface area contributed by atoms with Gasteiger partial charge in [0, 0.05) is 24.8 Å². The maximum Gasteiger partial charge on any atom is 0.326 e. The number of benzene rings is 2. The maximum atomic E-state index is 13.1. The average Bonchev–Trinajstić information content (AvgIpc) is 2.83. The lowest BCUT2D eigenvalue weighted by Gasteiger charge is -2.30. The minimum absolute atomic E-state index is 0.184. The summed E-state index contributed by atoms with van der Waals surface area (Å²) in [5.41, 5.74) is 2.65. The number of urea groups is 1. The van der Waals surface area contributed by atoms with Crippen molar-refractivity contribution in [2.24, 2.45) is 0 Å². The van der Waals surface area contributed by atoms with Gasteiger partial charge in [-0.05, 0) is 75.2 Å². The summed E-state index contributed by atoms with van der Waals surface area (Å²) in [6, 6.07) is 11.1. The second-order valence-electron chi connectivity index (χ2n) is 8.15. The lowest BCUT2D eigenvalue weighted by atomic mass is 10.0. The van der Waals surface area contributed by atoms with E-state index in [9.17, 15) is 4.79 Å². The Labute approximate surface area is 196 Å². The summed E-state index contributed by atoms with van der Waals surface area (Å²) >= 11 is 0. The predicted octanol–water partition coefficient (Wildman–Crippen LogP) is 4.97. The monoisotopic (exact) mass is 453 g/mol. The van der Waals surface area contributed by atoms with Crippen molar-refractivity contribution < 1.29 is 19.0 Å². The largest absolute Gasteiger partial charge is 0.497 e. The van der Waals surface area contributed by atoms with E-state index in [0.29, 0.717) is 30.3 Å². The molecule has 33 heavy (non-hydrogen) atoms. The lowest BCUT2D eigenvalue weighted by molar-refractivity contribution is 0.256. The second-order valence-corrected chi connectivity index (χ2v) is 8.15. The normalized spacial score (nSPS) is 12.8. The molecule has 3 rings (SSSR count). The van der Waals surface area contributed by atoms with Crippen LogP contribution in [0.1, 0.15) is 24.8 Å². The van der Waals surface area contributed by atoms with Crippen molar-refractivity contribution in [3.8, 4) is 17.2 Å². The van der Waals surface area contributed by atoms with Crippen molar-refractivity contribution in [3.63, 3.8) is 0 Å². The molecule has 0 fully saturated rings. The number of nitrogens with one attached hydrogen (secondary N) is 1. The number of methoxy groups -OCH3 is 2. The first-order valence-corrected chi connectivity index (χ1v) is 11.4. The summed E-state index contributed by atoms with van der Waals surface area (Å²) in [6.07, 6.45) is 5.82. The van der Waals surface area contributed by atoms with E-state index in [2.05, 4.69) is 29.9 Å². The second kappa shape index (κ2) is 12.2. The molecular weight excluding hydrogens is 418 g/mol. The first-order chi connectivity index (χ1) is 16.0. The predicted molar refractivity (Wildman–Crippen MR) is 133 cm³/mol. The van der Waals surface area contributed by atoms with Gasteiger partial charge < -0.3 is 24.4 Å². The van der Waals surface area contributed by atoms with Crippen LogP contribution >= 0.6 is 0 Å². The fourth-order valence-electron chi connectivity index (χ4n) is 3.94. The molecule has 178 valence electrons. The lowest BCUT2D eigenvalue weighted by Crippen LogP contribution is -2.38. The summed E-state index contributed by atoms with van der Waals surface area (Å²) in [6.45, 7) is 7.05. The molecule has 0 bridgehead atoms. The Hall–Kier alpha value is -3.19.